The normalized spacial score (nSPS) is 17.9. The number of H-pyrrole nitrogens is 1. The van der Waals surface area contributed by atoms with E-state index in [0.29, 0.717) is 41.3 Å². The number of carbonyl (C=O) groups is 3. The molecular formula is C24H31N3O6. The number of hydrogen-bond donors (Lipinski definition) is 2. The first-order valence-corrected chi connectivity index (χ1v) is 10.9. The first kappa shape index (κ1) is 24.3. The maximum absolute atomic E-state index is 13.1. The highest BCUT2D eigenvalue weighted by Gasteiger charge is 2.47. The Hall–Kier alpha value is -3.33. The number of carbonyl (C=O) groups excluding carboxylic acids is 3. The van der Waals surface area contributed by atoms with Gasteiger partial charge in [0.05, 0.1) is 12.2 Å². The Labute approximate surface area is 193 Å². The van der Waals surface area contributed by atoms with Crippen LogP contribution in [0.4, 0.5) is 0 Å². The van der Waals surface area contributed by atoms with Crippen LogP contribution in [-0.2, 0) is 14.3 Å². The number of rotatable bonds is 8. The molecule has 3 rings (SSSR count). The lowest BCUT2D eigenvalue weighted by atomic mass is 9.97. The summed E-state index contributed by atoms with van der Waals surface area (Å²) in [7, 11) is 3.86. The molecule has 9 nitrogen and oxygen atoms in total. The van der Waals surface area contributed by atoms with E-state index in [9.17, 15) is 19.5 Å². The van der Waals surface area contributed by atoms with Crippen molar-refractivity contribution in [2.45, 2.75) is 40.2 Å². The molecule has 0 radical (unpaired) electrons. The van der Waals surface area contributed by atoms with Crippen molar-refractivity contribution in [3.8, 4) is 0 Å². The highest BCUT2D eigenvalue weighted by atomic mass is 16.5. The summed E-state index contributed by atoms with van der Waals surface area (Å²) in [6.07, 6.45) is 0.644. The van der Waals surface area contributed by atoms with Crippen LogP contribution in [0.2, 0.25) is 0 Å². The fourth-order valence-corrected chi connectivity index (χ4v) is 4.21. The van der Waals surface area contributed by atoms with E-state index in [2.05, 4.69) is 4.98 Å². The summed E-state index contributed by atoms with van der Waals surface area (Å²) in [5, 5.41) is 11.3. The minimum atomic E-state index is -0.861. The Morgan fingerprint density at radius 1 is 1.24 bits per heavy atom. The molecule has 3 heterocycles. The summed E-state index contributed by atoms with van der Waals surface area (Å²) in [6, 6.07) is 2.60. The number of aliphatic hydroxyl groups excluding tert-OH is 1. The molecule has 0 saturated carbocycles. The number of furan rings is 1. The summed E-state index contributed by atoms with van der Waals surface area (Å²) >= 11 is 0. The lowest BCUT2D eigenvalue weighted by Crippen LogP contribution is -2.32. The molecule has 0 aliphatic carbocycles. The molecule has 178 valence electrons. The van der Waals surface area contributed by atoms with Gasteiger partial charge in [-0.3, -0.25) is 9.59 Å². The van der Waals surface area contributed by atoms with Gasteiger partial charge in [0.15, 0.2) is 0 Å². The van der Waals surface area contributed by atoms with Gasteiger partial charge in [-0.05, 0) is 72.5 Å². The van der Waals surface area contributed by atoms with Gasteiger partial charge >= 0.3 is 5.97 Å². The molecule has 9 heteroatoms. The summed E-state index contributed by atoms with van der Waals surface area (Å²) in [5.74, 6) is -1.35. The molecule has 2 N–H and O–H groups in total. The van der Waals surface area contributed by atoms with E-state index in [1.165, 1.54) is 4.90 Å². The van der Waals surface area contributed by atoms with Crippen molar-refractivity contribution < 1.29 is 28.6 Å². The molecule has 0 aromatic carbocycles. The number of ketones is 1. The monoisotopic (exact) mass is 457 g/mol. The number of likely N-dealkylation sites (tertiary alicyclic amines) is 1. The van der Waals surface area contributed by atoms with Gasteiger partial charge in [-0.1, -0.05) is 0 Å². The topological polar surface area (TPSA) is 116 Å². The summed E-state index contributed by atoms with van der Waals surface area (Å²) < 4.78 is 10.9. The van der Waals surface area contributed by atoms with Gasteiger partial charge in [-0.15, -0.1) is 0 Å². The van der Waals surface area contributed by atoms with Gasteiger partial charge in [0.1, 0.15) is 29.0 Å². The Bertz CT molecular complexity index is 1110. The Kier molecular flexibility index (Phi) is 7.12. The van der Waals surface area contributed by atoms with Crippen LogP contribution in [0.1, 0.15) is 58.2 Å². The Balaban J connectivity index is 2.13. The van der Waals surface area contributed by atoms with Gasteiger partial charge in [0.2, 0.25) is 0 Å². The van der Waals surface area contributed by atoms with Crippen LogP contribution in [-0.4, -0.2) is 71.3 Å². The fraction of sp³-hybridized carbons (Fsp3) is 0.458. The molecule has 2 aromatic rings. The number of amides is 1. The number of nitrogens with one attached hydrogen (secondary N) is 1. The van der Waals surface area contributed by atoms with Crippen molar-refractivity contribution in [2.24, 2.45) is 0 Å². The van der Waals surface area contributed by atoms with Crippen LogP contribution in [0, 0.1) is 20.8 Å². The maximum atomic E-state index is 13.1. The van der Waals surface area contributed by atoms with Crippen molar-refractivity contribution >= 4 is 23.4 Å². The van der Waals surface area contributed by atoms with Gasteiger partial charge < -0.3 is 29.0 Å². The van der Waals surface area contributed by atoms with Crippen LogP contribution in [0.15, 0.2) is 22.1 Å². The molecule has 0 unspecified atom stereocenters. The van der Waals surface area contributed by atoms with E-state index < -0.39 is 23.7 Å². The number of nitrogens with zero attached hydrogens (tertiary/aromatic N) is 2. The number of hydrogen-bond acceptors (Lipinski definition) is 7. The van der Waals surface area contributed by atoms with E-state index in [-0.39, 0.29) is 23.6 Å². The van der Waals surface area contributed by atoms with Crippen LogP contribution >= 0.6 is 0 Å². The highest BCUT2D eigenvalue weighted by Crippen LogP contribution is 2.41. The predicted octanol–water partition coefficient (Wildman–Crippen LogP) is 3.08. The largest absolute Gasteiger partial charge is 0.507 e. The second kappa shape index (κ2) is 9.66. The van der Waals surface area contributed by atoms with Crippen molar-refractivity contribution in [3.05, 3.63) is 51.7 Å². The third-order valence-electron chi connectivity index (χ3n) is 5.73. The summed E-state index contributed by atoms with van der Waals surface area (Å²) in [6.45, 7) is 8.07. The number of esters is 1. The van der Waals surface area contributed by atoms with Crippen LogP contribution in [0.25, 0.3) is 5.76 Å². The summed E-state index contributed by atoms with van der Waals surface area (Å²) in [5.41, 5.74) is 1.37. The molecule has 1 aliphatic rings. The first-order chi connectivity index (χ1) is 15.6. The predicted molar refractivity (Wildman–Crippen MR) is 122 cm³/mol. The SMILES string of the molecule is CCOC(=O)c1[nH]c(C)c(/C(O)=C2\C(=O)C(=O)N(CCCN(C)C)[C@@H]2c2ccc(C)o2)c1C. The zero-order valence-corrected chi connectivity index (χ0v) is 19.9. The molecule has 0 spiro atoms. The van der Waals surface area contributed by atoms with E-state index in [0.717, 1.165) is 6.54 Å². The number of aryl methyl sites for hydroxylation is 2. The van der Waals surface area contributed by atoms with Crippen molar-refractivity contribution in [1.82, 2.24) is 14.8 Å². The van der Waals surface area contributed by atoms with E-state index in [1.54, 1.807) is 39.8 Å². The highest BCUT2D eigenvalue weighted by molar-refractivity contribution is 6.46. The van der Waals surface area contributed by atoms with Gasteiger partial charge in [-0.25, -0.2) is 4.79 Å². The summed E-state index contributed by atoms with van der Waals surface area (Å²) in [4.78, 5) is 44.8. The number of aliphatic hydroxyl groups is 1. The number of ether oxygens (including phenoxy) is 1. The average molecular weight is 458 g/mol. The minimum absolute atomic E-state index is 0.0557. The number of Topliss-reactive ketones (excluding diaryl/α,β-unsaturated/α-hetero) is 1. The molecule has 2 aromatic heterocycles. The lowest BCUT2D eigenvalue weighted by molar-refractivity contribution is -0.140. The molecular weight excluding hydrogens is 426 g/mol. The second-order valence-electron chi connectivity index (χ2n) is 8.44. The third kappa shape index (κ3) is 4.59. The standard InChI is InChI=1S/C24H31N3O6/c1-7-32-24(31)19-14(3)17(15(4)25-19)21(28)18-20(16-10-9-13(2)33-16)27(23(30)22(18)29)12-8-11-26(5)6/h9-10,20,25,28H,7-8,11-12H2,1-6H3/b21-18+/t20-/m1/s1. The smallest absolute Gasteiger partial charge is 0.355 e. The number of aromatic nitrogens is 1. The van der Waals surface area contributed by atoms with Crippen LogP contribution in [0.5, 0.6) is 0 Å². The first-order valence-electron chi connectivity index (χ1n) is 10.9. The van der Waals surface area contributed by atoms with Crippen molar-refractivity contribution in [2.75, 3.05) is 33.8 Å². The quantitative estimate of drug-likeness (QED) is 0.271. The minimum Gasteiger partial charge on any atom is -0.507 e. The van der Waals surface area contributed by atoms with Gasteiger partial charge in [-0.2, -0.15) is 0 Å². The fourth-order valence-electron chi connectivity index (χ4n) is 4.21. The third-order valence-corrected chi connectivity index (χ3v) is 5.73. The Morgan fingerprint density at radius 3 is 2.52 bits per heavy atom. The lowest BCUT2D eigenvalue weighted by Gasteiger charge is -2.24. The van der Waals surface area contributed by atoms with Crippen molar-refractivity contribution in [1.29, 1.82) is 0 Å². The molecule has 1 fully saturated rings. The number of aromatic amines is 1. The molecule has 1 saturated heterocycles. The molecule has 0 bridgehead atoms. The van der Waals surface area contributed by atoms with Crippen LogP contribution in [0.3, 0.4) is 0 Å². The van der Waals surface area contributed by atoms with E-state index in [4.69, 9.17) is 9.15 Å². The Morgan fingerprint density at radius 2 is 1.94 bits per heavy atom. The van der Waals surface area contributed by atoms with Gasteiger partial charge in [0, 0.05) is 17.8 Å². The van der Waals surface area contributed by atoms with E-state index >= 15 is 0 Å². The van der Waals surface area contributed by atoms with Gasteiger partial charge in [0.25, 0.3) is 11.7 Å². The maximum Gasteiger partial charge on any atom is 0.355 e. The molecule has 1 atom stereocenters. The second-order valence-corrected chi connectivity index (χ2v) is 8.44. The zero-order chi connectivity index (χ0) is 24.4. The molecule has 1 amide bonds. The molecule has 1 aliphatic heterocycles. The van der Waals surface area contributed by atoms with Crippen molar-refractivity contribution in [3.63, 3.8) is 0 Å². The van der Waals surface area contributed by atoms with Crippen LogP contribution < -0.4 is 0 Å². The van der Waals surface area contributed by atoms with E-state index in [1.807, 2.05) is 19.0 Å². The molecule has 33 heavy (non-hydrogen) atoms. The zero-order valence-electron chi connectivity index (χ0n) is 19.9. The average Bonchev–Trinajstić information content (AvgIpc) is 3.37.